The number of nitriles is 1. The number of anilines is 1. The van der Waals surface area contributed by atoms with Crippen molar-refractivity contribution in [1.82, 2.24) is 9.78 Å². The van der Waals surface area contributed by atoms with Gasteiger partial charge in [-0.05, 0) is 36.2 Å². The lowest BCUT2D eigenvalue weighted by Crippen LogP contribution is -2.06. The largest absolute Gasteiger partial charge is 0.384 e. The Morgan fingerprint density at radius 3 is 2.68 bits per heavy atom. The van der Waals surface area contributed by atoms with E-state index < -0.39 is 4.92 Å². The van der Waals surface area contributed by atoms with Crippen LogP contribution in [-0.2, 0) is 6.42 Å². The van der Waals surface area contributed by atoms with Crippen molar-refractivity contribution < 1.29 is 4.92 Å². The van der Waals surface area contributed by atoms with Gasteiger partial charge in [0.05, 0.1) is 21.9 Å². The third kappa shape index (κ3) is 3.82. The number of nitrogens with one attached hydrogen (secondary N) is 1. The van der Waals surface area contributed by atoms with Crippen molar-refractivity contribution in [3.8, 4) is 11.8 Å². The van der Waals surface area contributed by atoms with Gasteiger partial charge in [0.2, 0.25) is 0 Å². The minimum Gasteiger partial charge on any atom is -0.384 e. The molecule has 0 aliphatic carbocycles. The molecule has 3 rings (SSSR count). The standard InChI is InChI=1S/C18H15N5O2/c19-13-15-12-17(23(24)25)6-7-18(15)20-10-8-14-2-4-16(5-3-14)22-11-1-9-21-22/h1-7,9,11-12,20H,8,10H2. The molecule has 0 unspecified atom stereocenters. The number of nitro benzene ring substituents is 1. The van der Waals surface area contributed by atoms with Crippen LogP contribution in [0.2, 0.25) is 0 Å². The molecular formula is C18H15N5O2. The maximum Gasteiger partial charge on any atom is 0.270 e. The van der Waals surface area contributed by atoms with Gasteiger partial charge in [-0.1, -0.05) is 12.1 Å². The molecule has 0 spiro atoms. The molecular weight excluding hydrogens is 318 g/mol. The van der Waals surface area contributed by atoms with Gasteiger partial charge in [0.15, 0.2) is 0 Å². The summed E-state index contributed by atoms with van der Waals surface area (Å²) in [4.78, 5) is 10.3. The monoisotopic (exact) mass is 333 g/mol. The van der Waals surface area contributed by atoms with E-state index >= 15 is 0 Å². The lowest BCUT2D eigenvalue weighted by Gasteiger charge is -2.09. The molecule has 1 N–H and O–H groups in total. The molecule has 1 heterocycles. The Bertz CT molecular complexity index is 912. The van der Waals surface area contributed by atoms with Crippen LogP contribution in [-0.4, -0.2) is 21.2 Å². The summed E-state index contributed by atoms with van der Waals surface area (Å²) in [6.45, 7) is 0.619. The second kappa shape index (κ2) is 7.27. The Labute approximate surface area is 144 Å². The van der Waals surface area contributed by atoms with Crippen LogP contribution in [0.5, 0.6) is 0 Å². The van der Waals surface area contributed by atoms with Crippen molar-refractivity contribution in [2.45, 2.75) is 6.42 Å². The van der Waals surface area contributed by atoms with Gasteiger partial charge in [0.25, 0.3) is 5.69 Å². The fourth-order valence-electron chi connectivity index (χ4n) is 2.47. The quantitative estimate of drug-likeness (QED) is 0.551. The van der Waals surface area contributed by atoms with Crippen LogP contribution in [0.3, 0.4) is 0 Å². The number of rotatable bonds is 6. The highest BCUT2D eigenvalue weighted by molar-refractivity contribution is 5.61. The second-order valence-corrected chi connectivity index (χ2v) is 5.39. The maximum atomic E-state index is 10.8. The van der Waals surface area contributed by atoms with E-state index in [1.54, 1.807) is 16.9 Å². The molecule has 0 radical (unpaired) electrons. The molecule has 25 heavy (non-hydrogen) atoms. The van der Waals surface area contributed by atoms with E-state index in [1.807, 2.05) is 42.6 Å². The third-order valence-electron chi connectivity index (χ3n) is 3.77. The summed E-state index contributed by atoms with van der Waals surface area (Å²) >= 11 is 0. The normalized spacial score (nSPS) is 10.2. The number of hydrogen-bond acceptors (Lipinski definition) is 5. The van der Waals surface area contributed by atoms with Crippen LogP contribution in [0, 0.1) is 21.4 Å². The van der Waals surface area contributed by atoms with E-state index in [-0.39, 0.29) is 11.3 Å². The zero-order valence-corrected chi connectivity index (χ0v) is 13.3. The van der Waals surface area contributed by atoms with E-state index in [0.717, 1.165) is 17.7 Å². The molecule has 0 aliphatic rings. The summed E-state index contributed by atoms with van der Waals surface area (Å²) in [7, 11) is 0. The Kier molecular flexibility index (Phi) is 4.72. The van der Waals surface area contributed by atoms with E-state index in [9.17, 15) is 10.1 Å². The van der Waals surface area contributed by atoms with Crippen LogP contribution < -0.4 is 5.32 Å². The van der Waals surface area contributed by atoms with Crippen molar-refractivity contribution in [3.63, 3.8) is 0 Å². The summed E-state index contributed by atoms with van der Waals surface area (Å²) in [5.74, 6) is 0. The first-order chi connectivity index (χ1) is 12.2. The maximum absolute atomic E-state index is 10.8. The molecule has 0 saturated heterocycles. The van der Waals surface area contributed by atoms with Crippen LogP contribution in [0.15, 0.2) is 60.9 Å². The first-order valence-electron chi connectivity index (χ1n) is 7.69. The molecule has 0 saturated carbocycles. The number of non-ortho nitro benzene ring substituents is 1. The summed E-state index contributed by atoms with van der Waals surface area (Å²) in [5.41, 5.74) is 2.91. The average molecular weight is 333 g/mol. The van der Waals surface area contributed by atoms with Gasteiger partial charge >= 0.3 is 0 Å². The fraction of sp³-hybridized carbons (Fsp3) is 0.111. The van der Waals surface area contributed by atoms with E-state index in [0.29, 0.717) is 12.2 Å². The number of benzene rings is 2. The highest BCUT2D eigenvalue weighted by Gasteiger charge is 2.10. The zero-order chi connectivity index (χ0) is 17.6. The van der Waals surface area contributed by atoms with E-state index in [4.69, 9.17) is 5.26 Å². The van der Waals surface area contributed by atoms with Crippen LogP contribution in [0.25, 0.3) is 5.69 Å². The van der Waals surface area contributed by atoms with E-state index in [1.165, 1.54) is 12.1 Å². The minimum absolute atomic E-state index is 0.0867. The highest BCUT2D eigenvalue weighted by atomic mass is 16.6. The number of nitro groups is 1. The van der Waals surface area contributed by atoms with Gasteiger partial charge < -0.3 is 5.32 Å². The Morgan fingerprint density at radius 1 is 1.24 bits per heavy atom. The van der Waals surface area contributed by atoms with Gasteiger partial charge in [-0.3, -0.25) is 10.1 Å². The predicted molar refractivity (Wildman–Crippen MR) is 93.6 cm³/mol. The Hall–Kier alpha value is -3.66. The molecule has 7 nitrogen and oxygen atoms in total. The van der Waals surface area contributed by atoms with Crippen molar-refractivity contribution in [2.75, 3.05) is 11.9 Å². The van der Waals surface area contributed by atoms with Gasteiger partial charge in [-0.2, -0.15) is 10.4 Å². The lowest BCUT2D eigenvalue weighted by atomic mass is 10.1. The number of aromatic nitrogens is 2. The molecule has 2 aromatic carbocycles. The summed E-state index contributed by atoms with van der Waals surface area (Å²) < 4.78 is 1.79. The van der Waals surface area contributed by atoms with Gasteiger partial charge in [-0.15, -0.1) is 0 Å². The predicted octanol–water partition coefficient (Wildman–Crippen LogP) is 3.31. The summed E-state index contributed by atoms with van der Waals surface area (Å²) in [6, 6.07) is 16.1. The molecule has 0 bridgehead atoms. The van der Waals surface area contributed by atoms with Crippen LogP contribution in [0.4, 0.5) is 11.4 Å². The van der Waals surface area contributed by atoms with Crippen molar-refractivity contribution in [1.29, 1.82) is 5.26 Å². The minimum atomic E-state index is -0.508. The highest BCUT2D eigenvalue weighted by Crippen LogP contribution is 2.21. The molecule has 0 aliphatic heterocycles. The summed E-state index contributed by atoms with van der Waals surface area (Å²) in [5, 5.41) is 27.2. The Morgan fingerprint density at radius 2 is 2.04 bits per heavy atom. The first kappa shape index (κ1) is 16.2. The average Bonchev–Trinajstić information content (AvgIpc) is 3.17. The van der Waals surface area contributed by atoms with Crippen LogP contribution in [0.1, 0.15) is 11.1 Å². The first-order valence-corrected chi connectivity index (χ1v) is 7.69. The number of hydrogen-bond donors (Lipinski definition) is 1. The molecule has 3 aromatic rings. The molecule has 0 amide bonds. The number of nitrogens with zero attached hydrogens (tertiary/aromatic N) is 4. The molecule has 124 valence electrons. The van der Waals surface area contributed by atoms with Crippen molar-refractivity contribution in [3.05, 3.63) is 82.2 Å². The molecule has 0 fully saturated rings. The zero-order valence-electron chi connectivity index (χ0n) is 13.3. The second-order valence-electron chi connectivity index (χ2n) is 5.39. The smallest absolute Gasteiger partial charge is 0.270 e. The SMILES string of the molecule is N#Cc1cc([N+](=O)[O-])ccc1NCCc1ccc(-n2cccn2)cc1. The van der Waals surface area contributed by atoms with Gasteiger partial charge in [0.1, 0.15) is 6.07 Å². The lowest BCUT2D eigenvalue weighted by molar-refractivity contribution is -0.384. The van der Waals surface area contributed by atoms with Gasteiger partial charge in [0, 0.05) is 31.1 Å². The topological polar surface area (TPSA) is 96.8 Å². The van der Waals surface area contributed by atoms with E-state index in [2.05, 4.69) is 10.4 Å². The summed E-state index contributed by atoms with van der Waals surface area (Å²) in [6.07, 6.45) is 4.38. The van der Waals surface area contributed by atoms with Crippen molar-refractivity contribution >= 4 is 11.4 Å². The molecule has 1 aromatic heterocycles. The van der Waals surface area contributed by atoms with Crippen molar-refractivity contribution in [2.24, 2.45) is 0 Å². The van der Waals surface area contributed by atoms with Crippen LogP contribution >= 0.6 is 0 Å². The fourth-order valence-corrected chi connectivity index (χ4v) is 2.47. The third-order valence-corrected chi connectivity index (χ3v) is 3.77. The molecule has 0 atom stereocenters. The molecule has 7 heteroatoms. The van der Waals surface area contributed by atoms with Gasteiger partial charge in [-0.25, -0.2) is 4.68 Å². The Balaban J connectivity index is 1.61.